The van der Waals surface area contributed by atoms with Gasteiger partial charge in [0, 0.05) is 26.6 Å². The molecule has 1 unspecified atom stereocenters. The number of benzene rings is 2. The summed E-state index contributed by atoms with van der Waals surface area (Å²) in [6, 6.07) is 9.57. The van der Waals surface area contributed by atoms with Gasteiger partial charge >= 0.3 is 5.92 Å². The fraction of sp³-hybridized carbons (Fsp3) is 0.118. The highest BCUT2D eigenvalue weighted by molar-refractivity contribution is 7.17. The van der Waals surface area contributed by atoms with Crippen molar-refractivity contribution in [1.29, 1.82) is 0 Å². The quantitative estimate of drug-likeness (QED) is 0.552. The highest BCUT2D eigenvalue weighted by Crippen LogP contribution is 2.59. The molecule has 2 N–H and O–H groups in total. The fourth-order valence-corrected chi connectivity index (χ4v) is 4.51. The summed E-state index contributed by atoms with van der Waals surface area (Å²) < 4.78 is 31.0. The second kappa shape index (κ2) is 3.96. The van der Waals surface area contributed by atoms with E-state index in [4.69, 9.17) is 0 Å². The number of nitrogens with one attached hydrogen (secondary N) is 1. The first-order valence-electron chi connectivity index (χ1n) is 7.08. The van der Waals surface area contributed by atoms with Crippen molar-refractivity contribution in [3.63, 3.8) is 0 Å². The Hall–Kier alpha value is -2.31. The van der Waals surface area contributed by atoms with Crippen LogP contribution in [0.4, 0.5) is 8.78 Å². The molecule has 1 aliphatic carbocycles. The smallest absolute Gasteiger partial charge is 0.310 e. The lowest BCUT2D eigenvalue weighted by molar-refractivity contribution is -0.163. The van der Waals surface area contributed by atoms with Crippen molar-refractivity contribution in [2.75, 3.05) is 0 Å². The predicted octanol–water partition coefficient (Wildman–Crippen LogP) is 4.12. The number of H-pyrrole nitrogens is 1. The molecule has 6 heteroatoms. The van der Waals surface area contributed by atoms with Crippen molar-refractivity contribution in [3.8, 4) is 0 Å². The minimum absolute atomic E-state index is 0.110. The monoisotopic (exact) mass is 328 g/mol. The van der Waals surface area contributed by atoms with Gasteiger partial charge in [-0.3, -0.25) is 5.10 Å². The van der Waals surface area contributed by atoms with Gasteiger partial charge in [-0.25, -0.2) is 0 Å². The molecule has 2 aromatic carbocycles. The molecule has 4 aromatic rings. The van der Waals surface area contributed by atoms with Gasteiger partial charge in [0.25, 0.3) is 0 Å². The largest absolute Gasteiger partial charge is 0.374 e. The minimum Gasteiger partial charge on any atom is -0.374 e. The molecule has 0 spiro atoms. The van der Waals surface area contributed by atoms with Gasteiger partial charge in [-0.15, -0.1) is 11.3 Å². The van der Waals surface area contributed by atoms with Gasteiger partial charge < -0.3 is 5.11 Å². The number of nitrogens with zero attached hydrogens (tertiary/aromatic N) is 1. The number of aromatic amines is 1. The number of halogens is 2. The SMILES string of the molecule is OC1(c2ccc3[nH]ncc3c2)c2csc3cccc(c23)C1(F)F. The van der Waals surface area contributed by atoms with Crippen LogP contribution in [0, 0.1) is 0 Å². The summed E-state index contributed by atoms with van der Waals surface area (Å²) in [6.07, 6.45) is 1.56. The molecule has 0 amide bonds. The first-order chi connectivity index (χ1) is 11.0. The van der Waals surface area contributed by atoms with E-state index in [9.17, 15) is 5.11 Å². The zero-order valence-corrected chi connectivity index (χ0v) is 12.5. The standard InChI is InChI=1S/C17H10F2N2OS/c18-17(19)11-2-1-3-14-15(11)12(8-23-14)16(17,22)10-4-5-13-9(6-10)7-20-21-13/h1-8,22H,(H,20,21). The van der Waals surface area contributed by atoms with Gasteiger partial charge in [-0.05, 0) is 29.1 Å². The molecule has 0 saturated heterocycles. The second-order valence-electron chi connectivity index (χ2n) is 5.78. The van der Waals surface area contributed by atoms with Gasteiger partial charge in [-0.2, -0.15) is 13.9 Å². The van der Waals surface area contributed by atoms with Crippen molar-refractivity contribution in [1.82, 2.24) is 10.2 Å². The molecule has 5 rings (SSSR count). The van der Waals surface area contributed by atoms with Gasteiger partial charge in [0.1, 0.15) is 0 Å². The summed E-state index contributed by atoms with van der Waals surface area (Å²) in [6.45, 7) is 0. The van der Waals surface area contributed by atoms with Gasteiger partial charge in [0.2, 0.25) is 0 Å². The van der Waals surface area contributed by atoms with E-state index in [1.807, 2.05) is 0 Å². The van der Waals surface area contributed by atoms with Crippen LogP contribution in [0.2, 0.25) is 0 Å². The lowest BCUT2D eigenvalue weighted by Gasteiger charge is -2.31. The molecular formula is C17H10F2N2OS. The Morgan fingerprint density at radius 2 is 2.00 bits per heavy atom. The highest BCUT2D eigenvalue weighted by Gasteiger charge is 2.62. The van der Waals surface area contributed by atoms with E-state index in [0.29, 0.717) is 10.8 Å². The number of alkyl halides is 2. The molecular weight excluding hydrogens is 318 g/mol. The van der Waals surface area contributed by atoms with Gasteiger partial charge in [0.05, 0.1) is 11.7 Å². The number of fused-ring (bicyclic) bond motifs is 1. The lowest BCUT2D eigenvalue weighted by atomic mass is 9.85. The van der Waals surface area contributed by atoms with Crippen molar-refractivity contribution in [2.24, 2.45) is 0 Å². The lowest BCUT2D eigenvalue weighted by Crippen LogP contribution is -2.40. The third-order valence-electron chi connectivity index (χ3n) is 4.64. The van der Waals surface area contributed by atoms with Crippen molar-refractivity contribution >= 4 is 32.3 Å². The predicted molar refractivity (Wildman–Crippen MR) is 84.8 cm³/mol. The van der Waals surface area contributed by atoms with Crippen LogP contribution in [-0.2, 0) is 11.5 Å². The molecule has 0 radical (unpaired) electrons. The van der Waals surface area contributed by atoms with Crippen LogP contribution < -0.4 is 0 Å². The fourth-order valence-electron chi connectivity index (χ4n) is 3.48. The summed E-state index contributed by atoms with van der Waals surface area (Å²) in [5.74, 6) is -3.39. The molecule has 2 aromatic heterocycles. The van der Waals surface area contributed by atoms with E-state index in [2.05, 4.69) is 10.2 Å². The molecule has 3 nitrogen and oxygen atoms in total. The average Bonchev–Trinajstić information content (AvgIpc) is 3.22. The zero-order valence-electron chi connectivity index (χ0n) is 11.7. The van der Waals surface area contributed by atoms with Crippen LogP contribution in [0.5, 0.6) is 0 Å². The summed E-state index contributed by atoms with van der Waals surface area (Å²) in [5, 5.41) is 20.6. The van der Waals surface area contributed by atoms with E-state index >= 15 is 8.78 Å². The van der Waals surface area contributed by atoms with E-state index in [1.54, 1.807) is 35.8 Å². The maximum Gasteiger partial charge on any atom is 0.310 e. The third-order valence-corrected chi connectivity index (χ3v) is 5.59. The van der Waals surface area contributed by atoms with Gasteiger partial charge in [-0.1, -0.05) is 18.2 Å². The van der Waals surface area contributed by atoms with Crippen LogP contribution in [-0.4, -0.2) is 15.3 Å². The van der Waals surface area contributed by atoms with Crippen LogP contribution in [0.25, 0.3) is 21.0 Å². The van der Waals surface area contributed by atoms with E-state index in [0.717, 1.165) is 10.2 Å². The van der Waals surface area contributed by atoms with Crippen molar-refractivity contribution < 1.29 is 13.9 Å². The Labute approximate surface area is 133 Å². The number of hydrogen-bond donors (Lipinski definition) is 2. The van der Waals surface area contributed by atoms with Crippen molar-refractivity contribution in [2.45, 2.75) is 11.5 Å². The summed E-state index contributed by atoms with van der Waals surface area (Å²) in [5.41, 5.74) is -1.28. The maximum absolute atomic E-state index is 15.1. The molecule has 0 fully saturated rings. The number of thiophene rings is 1. The Bertz CT molecular complexity index is 1080. The normalized spacial score (nSPS) is 22.2. The Morgan fingerprint density at radius 3 is 2.87 bits per heavy atom. The minimum atomic E-state index is -3.39. The Morgan fingerprint density at radius 1 is 1.13 bits per heavy atom. The zero-order chi connectivity index (χ0) is 15.8. The molecule has 1 atom stereocenters. The molecule has 0 bridgehead atoms. The van der Waals surface area contributed by atoms with E-state index in [-0.39, 0.29) is 16.7 Å². The van der Waals surface area contributed by atoms with Crippen LogP contribution in [0.1, 0.15) is 16.7 Å². The first kappa shape index (κ1) is 13.2. The van der Waals surface area contributed by atoms with Crippen LogP contribution in [0.15, 0.2) is 48.0 Å². The molecule has 1 aliphatic rings. The van der Waals surface area contributed by atoms with Crippen LogP contribution in [0.3, 0.4) is 0 Å². The number of aliphatic hydroxyl groups is 1. The summed E-state index contributed by atoms with van der Waals surface area (Å²) in [7, 11) is 0. The highest BCUT2D eigenvalue weighted by atomic mass is 32.1. The maximum atomic E-state index is 15.1. The first-order valence-corrected chi connectivity index (χ1v) is 7.96. The Kier molecular flexibility index (Phi) is 2.26. The summed E-state index contributed by atoms with van der Waals surface area (Å²) in [4.78, 5) is 0. The third kappa shape index (κ3) is 1.39. The van der Waals surface area contributed by atoms with E-state index < -0.39 is 11.5 Å². The average molecular weight is 328 g/mol. The second-order valence-corrected chi connectivity index (χ2v) is 6.70. The molecule has 114 valence electrons. The van der Waals surface area contributed by atoms with Gasteiger partial charge in [0.15, 0.2) is 5.60 Å². The molecule has 23 heavy (non-hydrogen) atoms. The topological polar surface area (TPSA) is 48.9 Å². The van der Waals surface area contributed by atoms with Crippen LogP contribution >= 0.6 is 11.3 Å². The number of hydrogen-bond acceptors (Lipinski definition) is 3. The molecule has 0 saturated carbocycles. The van der Waals surface area contributed by atoms with E-state index in [1.165, 1.54) is 23.5 Å². The Balaban J connectivity index is 1.87. The molecule has 0 aliphatic heterocycles. The number of rotatable bonds is 1. The van der Waals surface area contributed by atoms with Crippen molar-refractivity contribution in [3.05, 3.63) is 64.7 Å². The summed E-state index contributed by atoms with van der Waals surface area (Å²) >= 11 is 1.37. The number of aromatic nitrogens is 2. The molecule has 2 heterocycles.